The largest absolute Gasteiger partial charge is 0.355 e. The van der Waals surface area contributed by atoms with Gasteiger partial charge in [0.1, 0.15) is 6.29 Å². The van der Waals surface area contributed by atoms with Gasteiger partial charge in [-0.1, -0.05) is 0 Å². The maximum Gasteiger partial charge on any atom is 0.220 e. The average Bonchev–Trinajstić information content (AvgIpc) is 2.14. The summed E-state index contributed by atoms with van der Waals surface area (Å²) in [6.45, 7) is 0.530. The zero-order valence-corrected chi connectivity index (χ0v) is 4.39. The summed E-state index contributed by atoms with van der Waals surface area (Å²) in [7, 11) is 0. The van der Waals surface area contributed by atoms with Crippen molar-refractivity contribution >= 4 is 12.2 Å². The van der Waals surface area contributed by atoms with Gasteiger partial charge in [-0.05, 0) is 0 Å². The number of carbonyl (C=O) groups excluding carboxylic acids is 2. The van der Waals surface area contributed by atoms with E-state index in [1.807, 2.05) is 0 Å². The van der Waals surface area contributed by atoms with Crippen LogP contribution in [-0.2, 0) is 9.59 Å². The van der Waals surface area contributed by atoms with E-state index in [-0.39, 0.29) is 11.8 Å². The Kier molecular flexibility index (Phi) is 1.28. The molecule has 1 atom stereocenters. The smallest absolute Gasteiger partial charge is 0.220 e. The Balaban J connectivity index is 2.43. The van der Waals surface area contributed by atoms with Crippen molar-refractivity contribution < 1.29 is 9.59 Å². The molecule has 8 heavy (non-hydrogen) atoms. The second-order valence-corrected chi connectivity index (χ2v) is 1.90. The van der Waals surface area contributed by atoms with E-state index in [0.717, 1.165) is 6.29 Å². The van der Waals surface area contributed by atoms with Crippen LogP contribution in [0.15, 0.2) is 0 Å². The minimum absolute atomic E-state index is 0.0119. The van der Waals surface area contributed by atoms with Crippen molar-refractivity contribution in [3.05, 3.63) is 0 Å². The molecule has 1 heterocycles. The van der Waals surface area contributed by atoms with Gasteiger partial charge in [-0.15, -0.1) is 0 Å². The third-order valence-corrected chi connectivity index (χ3v) is 1.20. The van der Waals surface area contributed by atoms with E-state index in [9.17, 15) is 9.59 Å². The fourth-order valence-corrected chi connectivity index (χ4v) is 0.724. The molecule has 3 heteroatoms. The van der Waals surface area contributed by atoms with E-state index in [0.29, 0.717) is 13.0 Å². The highest BCUT2D eigenvalue weighted by molar-refractivity contribution is 5.82. The number of amides is 1. The van der Waals surface area contributed by atoms with E-state index in [2.05, 4.69) is 5.32 Å². The molecule has 0 aromatic carbocycles. The van der Waals surface area contributed by atoms with Crippen LogP contribution in [0.25, 0.3) is 0 Å². The van der Waals surface area contributed by atoms with Crippen molar-refractivity contribution in [1.82, 2.24) is 5.32 Å². The minimum atomic E-state index is -0.0671. The topological polar surface area (TPSA) is 46.2 Å². The molecule has 1 aliphatic rings. The van der Waals surface area contributed by atoms with Gasteiger partial charge in [0.15, 0.2) is 0 Å². The van der Waals surface area contributed by atoms with Crippen molar-refractivity contribution in [3.63, 3.8) is 0 Å². The molecule has 1 N–H and O–H groups in total. The van der Waals surface area contributed by atoms with Gasteiger partial charge >= 0.3 is 0 Å². The zero-order chi connectivity index (χ0) is 5.98. The monoisotopic (exact) mass is 113 g/mol. The van der Waals surface area contributed by atoms with E-state index in [1.165, 1.54) is 0 Å². The lowest BCUT2D eigenvalue weighted by molar-refractivity contribution is -0.120. The molecular weight excluding hydrogens is 106 g/mol. The quantitative estimate of drug-likeness (QED) is 0.458. The molecule has 1 aliphatic heterocycles. The third-order valence-electron chi connectivity index (χ3n) is 1.20. The summed E-state index contributed by atoms with van der Waals surface area (Å²) in [4.78, 5) is 20.3. The summed E-state index contributed by atoms with van der Waals surface area (Å²) in [6.07, 6.45) is 1.20. The Morgan fingerprint density at radius 3 is 2.75 bits per heavy atom. The third kappa shape index (κ3) is 0.857. The predicted molar refractivity (Wildman–Crippen MR) is 27.2 cm³/mol. The predicted octanol–water partition coefficient (Wildman–Crippen LogP) is -0.679. The second kappa shape index (κ2) is 1.94. The van der Waals surface area contributed by atoms with Gasteiger partial charge in [0.05, 0.1) is 0 Å². The number of carbonyl (C=O) groups is 2. The van der Waals surface area contributed by atoms with Crippen LogP contribution in [0.1, 0.15) is 6.42 Å². The summed E-state index contributed by atoms with van der Waals surface area (Å²) < 4.78 is 0. The molecule has 0 bridgehead atoms. The van der Waals surface area contributed by atoms with Crippen LogP contribution >= 0.6 is 0 Å². The van der Waals surface area contributed by atoms with Crippen LogP contribution in [0.3, 0.4) is 0 Å². The van der Waals surface area contributed by atoms with E-state index >= 15 is 0 Å². The molecule has 0 spiro atoms. The first-order valence-electron chi connectivity index (χ1n) is 2.55. The van der Waals surface area contributed by atoms with Gasteiger partial charge in [-0.3, -0.25) is 4.79 Å². The van der Waals surface area contributed by atoms with Crippen molar-refractivity contribution in [2.24, 2.45) is 5.92 Å². The summed E-state index contributed by atoms with van der Waals surface area (Å²) >= 11 is 0. The number of aldehydes is 1. The Hall–Kier alpha value is -0.860. The lowest BCUT2D eigenvalue weighted by Crippen LogP contribution is -2.13. The summed E-state index contributed by atoms with van der Waals surface area (Å²) in [5, 5.41) is 2.55. The first-order chi connectivity index (χ1) is 3.83. The molecule has 0 aromatic heterocycles. The zero-order valence-electron chi connectivity index (χ0n) is 4.39. The normalized spacial score (nSPS) is 27.5. The average molecular weight is 113 g/mol. The summed E-state index contributed by atoms with van der Waals surface area (Å²) in [6, 6.07) is 0. The van der Waals surface area contributed by atoms with Crippen molar-refractivity contribution in [2.75, 3.05) is 6.54 Å². The Morgan fingerprint density at radius 2 is 2.50 bits per heavy atom. The number of hydrogen-bond donors (Lipinski definition) is 1. The van der Waals surface area contributed by atoms with Crippen LogP contribution in [0.4, 0.5) is 0 Å². The van der Waals surface area contributed by atoms with Gasteiger partial charge in [0.2, 0.25) is 5.91 Å². The minimum Gasteiger partial charge on any atom is -0.355 e. The van der Waals surface area contributed by atoms with Crippen LogP contribution in [0.5, 0.6) is 0 Å². The number of nitrogens with one attached hydrogen (secondary N) is 1. The molecule has 0 aliphatic carbocycles. The lowest BCUT2D eigenvalue weighted by Gasteiger charge is -1.88. The molecule has 1 fully saturated rings. The van der Waals surface area contributed by atoms with Crippen molar-refractivity contribution in [2.45, 2.75) is 6.42 Å². The Labute approximate surface area is 47.1 Å². The van der Waals surface area contributed by atoms with Crippen molar-refractivity contribution in [3.8, 4) is 0 Å². The second-order valence-electron chi connectivity index (χ2n) is 1.90. The van der Waals surface area contributed by atoms with Gasteiger partial charge in [0.25, 0.3) is 0 Å². The first kappa shape index (κ1) is 5.28. The van der Waals surface area contributed by atoms with Gasteiger partial charge in [-0.25, -0.2) is 0 Å². The van der Waals surface area contributed by atoms with Crippen LogP contribution in [0.2, 0.25) is 0 Å². The molecule has 44 valence electrons. The molecule has 0 unspecified atom stereocenters. The van der Waals surface area contributed by atoms with Gasteiger partial charge in [-0.2, -0.15) is 0 Å². The highest BCUT2D eigenvalue weighted by atomic mass is 16.2. The summed E-state index contributed by atoms with van der Waals surface area (Å²) in [5.74, 6) is -0.0791. The van der Waals surface area contributed by atoms with Crippen LogP contribution in [-0.4, -0.2) is 18.7 Å². The fraction of sp³-hybridized carbons (Fsp3) is 0.600. The Bertz CT molecular complexity index is 122. The number of rotatable bonds is 1. The lowest BCUT2D eigenvalue weighted by atomic mass is 10.1. The highest BCUT2D eigenvalue weighted by Crippen LogP contribution is 2.03. The van der Waals surface area contributed by atoms with Gasteiger partial charge in [0, 0.05) is 18.9 Å². The molecular formula is C5H7NO2. The van der Waals surface area contributed by atoms with Gasteiger partial charge < -0.3 is 10.1 Å². The highest BCUT2D eigenvalue weighted by Gasteiger charge is 2.19. The SMILES string of the molecule is O=C[C@H]1CNC(=O)C1. The maximum atomic E-state index is 10.3. The van der Waals surface area contributed by atoms with Crippen LogP contribution in [0, 0.1) is 5.92 Å². The first-order valence-corrected chi connectivity index (χ1v) is 2.55. The van der Waals surface area contributed by atoms with E-state index in [4.69, 9.17) is 0 Å². The Morgan fingerprint density at radius 1 is 1.75 bits per heavy atom. The summed E-state index contributed by atoms with van der Waals surface area (Å²) in [5.41, 5.74) is 0. The fourth-order valence-electron chi connectivity index (χ4n) is 0.724. The molecule has 0 aromatic rings. The molecule has 1 rings (SSSR count). The van der Waals surface area contributed by atoms with E-state index in [1.54, 1.807) is 0 Å². The molecule has 3 nitrogen and oxygen atoms in total. The maximum absolute atomic E-state index is 10.3. The molecule has 0 radical (unpaired) electrons. The van der Waals surface area contributed by atoms with Crippen LogP contribution < -0.4 is 5.32 Å². The van der Waals surface area contributed by atoms with E-state index < -0.39 is 0 Å². The standard InChI is InChI=1S/C5H7NO2/c7-3-4-1-5(8)6-2-4/h3-4H,1-2H2,(H,6,8)/t4-/m1/s1. The number of hydrogen-bond acceptors (Lipinski definition) is 2. The molecule has 0 saturated carbocycles. The molecule has 1 saturated heterocycles. The molecule has 1 amide bonds. The van der Waals surface area contributed by atoms with Crippen molar-refractivity contribution in [1.29, 1.82) is 0 Å².